The van der Waals surface area contributed by atoms with Crippen LogP contribution in [0, 0.1) is 0 Å². The summed E-state index contributed by atoms with van der Waals surface area (Å²) in [5.41, 5.74) is 2.19. The van der Waals surface area contributed by atoms with Crippen molar-refractivity contribution in [2.45, 2.75) is 59.0 Å². The Balaban J connectivity index is 2.12. The minimum absolute atomic E-state index is 0.0520. The van der Waals surface area contributed by atoms with E-state index in [4.69, 9.17) is 4.74 Å². The van der Waals surface area contributed by atoms with E-state index < -0.39 is 6.04 Å². The number of carbonyl (C=O) groups excluding carboxylic acids is 2. The first-order chi connectivity index (χ1) is 14.6. The second-order valence-corrected chi connectivity index (χ2v) is 9.60. The van der Waals surface area contributed by atoms with Crippen molar-refractivity contribution in [3.63, 3.8) is 0 Å². The number of nitrogens with zero attached hydrogens (tertiary/aromatic N) is 1. The Morgan fingerprint density at radius 3 is 2.39 bits per heavy atom. The summed E-state index contributed by atoms with van der Waals surface area (Å²) >= 11 is 3.46. The van der Waals surface area contributed by atoms with Gasteiger partial charge in [0.1, 0.15) is 11.8 Å². The molecule has 1 unspecified atom stereocenters. The lowest BCUT2D eigenvalue weighted by Gasteiger charge is -2.29. The van der Waals surface area contributed by atoms with E-state index in [9.17, 15) is 9.59 Å². The van der Waals surface area contributed by atoms with E-state index in [0.717, 1.165) is 16.5 Å². The molecule has 6 heteroatoms. The van der Waals surface area contributed by atoms with Gasteiger partial charge in [-0.1, -0.05) is 67.9 Å². The Hall–Kier alpha value is -2.34. The van der Waals surface area contributed by atoms with Crippen molar-refractivity contribution in [2.75, 3.05) is 13.2 Å². The van der Waals surface area contributed by atoms with Crippen molar-refractivity contribution >= 4 is 27.7 Å². The highest BCUT2D eigenvalue weighted by Crippen LogP contribution is 2.24. The predicted octanol–water partition coefficient (Wildman–Crippen LogP) is 5.07. The van der Waals surface area contributed by atoms with Gasteiger partial charge in [-0.05, 0) is 54.2 Å². The Morgan fingerprint density at radius 2 is 1.81 bits per heavy atom. The Morgan fingerprint density at radius 1 is 1.13 bits per heavy atom. The Kier molecular flexibility index (Phi) is 9.11. The molecule has 2 amide bonds. The van der Waals surface area contributed by atoms with Gasteiger partial charge < -0.3 is 15.0 Å². The fourth-order valence-corrected chi connectivity index (χ4v) is 3.54. The molecule has 2 aromatic carbocycles. The number of hydrogen-bond acceptors (Lipinski definition) is 3. The molecule has 0 aliphatic carbocycles. The van der Waals surface area contributed by atoms with Gasteiger partial charge in [0, 0.05) is 17.6 Å². The summed E-state index contributed by atoms with van der Waals surface area (Å²) < 4.78 is 6.68. The fourth-order valence-electron chi connectivity index (χ4n) is 3.09. The zero-order valence-electron chi connectivity index (χ0n) is 19.1. The van der Waals surface area contributed by atoms with Crippen molar-refractivity contribution in [1.29, 1.82) is 0 Å². The minimum atomic E-state index is -0.607. The van der Waals surface area contributed by atoms with Gasteiger partial charge >= 0.3 is 0 Å². The molecular formula is C25H33BrN2O3. The molecule has 0 fully saturated rings. The van der Waals surface area contributed by atoms with Gasteiger partial charge in [0.2, 0.25) is 5.91 Å². The van der Waals surface area contributed by atoms with Crippen LogP contribution in [0.1, 0.15) is 52.2 Å². The van der Waals surface area contributed by atoms with Crippen LogP contribution in [0.15, 0.2) is 53.0 Å². The van der Waals surface area contributed by atoms with Gasteiger partial charge in [-0.3, -0.25) is 9.59 Å². The average molecular weight is 489 g/mol. The van der Waals surface area contributed by atoms with Crippen LogP contribution in [0.4, 0.5) is 0 Å². The van der Waals surface area contributed by atoms with Crippen LogP contribution >= 0.6 is 15.9 Å². The third-order valence-corrected chi connectivity index (χ3v) is 5.53. The largest absolute Gasteiger partial charge is 0.484 e. The standard InChI is InChI=1S/C25H33BrN2O3/c1-6-14-27-24(30)18(2)28(16-19-8-7-9-21(26)15-19)23(29)17-31-22-12-10-20(11-13-22)25(3,4)5/h7-13,15,18H,6,14,16-17H2,1-5H3,(H,27,30). The van der Waals surface area contributed by atoms with Crippen LogP contribution in [0.25, 0.3) is 0 Å². The summed E-state index contributed by atoms with van der Waals surface area (Å²) in [6.07, 6.45) is 0.839. The van der Waals surface area contributed by atoms with E-state index in [0.29, 0.717) is 18.8 Å². The summed E-state index contributed by atoms with van der Waals surface area (Å²) in [5, 5.41) is 2.88. The molecular weight excluding hydrogens is 456 g/mol. The van der Waals surface area contributed by atoms with Crippen LogP contribution < -0.4 is 10.1 Å². The van der Waals surface area contributed by atoms with E-state index in [1.165, 1.54) is 5.56 Å². The molecule has 0 aliphatic rings. The average Bonchev–Trinajstić information content (AvgIpc) is 2.73. The molecule has 1 atom stereocenters. The summed E-state index contributed by atoms with van der Waals surface area (Å²) in [4.78, 5) is 27.2. The molecule has 0 heterocycles. The highest BCUT2D eigenvalue weighted by Gasteiger charge is 2.26. The molecule has 2 rings (SSSR count). The molecule has 0 spiro atoms. The first-order valence-corrected chi connectivity index (χ1v) is 11.5. The maximum atomic E-state index is 13.1. The number of benzene rings is 2. The zero-order chi connectivity index (χ0) is 23.0. The summed E-state index contributed by atoms with van der Waals surface area (Å²) in [5.74, 6) is 0.227. The molecule has 0 aromatic heterocycles. The summed E-state index contributed by atoms with van der Waals surface area (Å²) in [6, 6.07) is 14.9. The first-order valence-electron chi connectivity index (χ1n) is 10.7. The van der Waals surface area contributed by atoms with Crippen LogP contribution in [0.5, 0.6) is 5.75 Å². The number of carbonyl (C=O) groups is 2. The monoisotopic (exact) mass is 488 g/mol. The van der Waals surface area contributed by atoms with E-state index in [-0.39, 0.29) is 23.8 Å². The number of amides is 2. The second kappa shape index (κ2) is 11.3. The van der Waals surface area contributed by atoms with E-state index in [1.807, 2.05) is 55.5 Å². The van der Waals surface area contributed by atoms with Crippen LogP contribution in [-0.2, 0) is 21.5 Å². The number of ether oxygens (including phenoxy) is 1. The molecule has 2 aromatic rings. The highest BCUT2D eigenvalue weighted by molar-refractivity contribution is 9.10. The van der Waals surface area contributed by atoms with Gasteiger partial charge in [-0.15, -0.1) is 0 Å². The molecule has 0 saturated heterocycles. The molecule has 0 radical (unpaired) electrons. The van der Waals surface area contributed by atoms with Crippen LogP contribution in [0.3, 0.4) is 0 Å². The topological polar surface area (TPSA) is 58.6 Å². The van der Waals surface area contributed by atoms with Crippen molar-refractivity contribution in [3.8, 4) is 5.75 Å². The number of halogens is 1. The highest BCUT2D eigenvalue weighted by atomic mass is 79.9. The smallest absolute Gasteiger partial charge is 0.261 e. The van der Waals surface area contributed by atoms with E-state index in [1.54, 1.807) is 11.8 Å². The first kappa shape index (κ1) is 24.9. The minimum Gasteiger partial charge on any atom is -0.484 e. The molecule has 31 heavy (non-hydrogen) atoms. The van der Waals surface area contributed by atoms with Gasteiger partial charge in [-0.25, -0.2) is 0 Å². The van der Waals surface area contributed by atoms with Gasteiger partial charge in [0.15, 0.2) is 6.61 Å². The van der Waals surface area contributed by atoms with Gasteiger partial charge in [-0.2, -0.15) is 0 Å². The normalized spacial score (nSPS) is 12.2. The zero-order valence-corrected chi connectivity index (χ0v) is 20.7. The van der Waals surface area contributed by atoms with Gasteiger partial charge in [0.05, 0.1) is 0 Å². The van der Waals surface area contributed by atoms with E-state index >= 15 is 0 Å². The summed E-state index contributed by atoms with van der Waals surface area (Å²) in [7, 11) is 0. The summed E-state index contributed by atoms with van der Waals surface area (Å²) in [6.45, 7) is 11.0. The van der Waals surface area contributed by atoms with Gasteiger partial charge in [0.25, 0.3) is 5.91 Å². The number of nitrogens with one attached hydrogen (secondary N) is 1. The maximum absolute atomic E-state index is 13.1. The van der Waals surface area contributed by atoms with Crippen LogP contribution in [0.2, 0.25) is 0 Å². The third kappa shape index (κ3) is 7.69. The molecule has 168 valence electrons. The number of hydrogen-bond donors (Lipinski definition) is 1. The van der Waals surface area contributed by atoms with E-state index in [2.05, 4.69) is 42.0 Å². The molecule has 0 saturated carbocycles. The maximum Gasteiger partial charge on any atom is 0.261 e. The lowest BCUT2D eigenvalue weighted by atomic mass is 9.87. The second-order valence-electron chi connectivity index (χ2n) is 8.68. The SMILES string of the molecule is CCCNC(=O)C(C)N(Cc1cccc(Br)c1)C(=O)COc1ccc(C(C)(C)C)cc1. The quantitative estimate of drug-likeness (QED) is 0.535. The van der Waals surface area contributed by atoms with Crippen molar-refractivity contribution < 1.29 is 14.3 Å². The van der Waals surface area contributed by atoms with Crippen molar-refractivity contribution in [3.05, 3.63) is 64.1 Å². The molecule has 1 N–H and O–H groups in total. The Bertz CT molecular complexity index is 875. The third-order valence-electron chi connectivity index (χ3n) is 5.04. The Labute approximate surface area is 194 Å². The molecule has 5 nitrogen and oxygen atoms in total. The van der Waals surface area contributed by atoms with Crippen molar-refractivity contribution in [2.24, 2.45) is 0 Å². The molecule has 0 bridgehead atoms. The lowest BCUT2D eigenvalue weighted by Crippen LogP contribution is -2.49. The van der Waals surface area contributed by atoms with Crippen molar-refractivity contribution in [1.82, 2.24) is 10.2 Å². The fraction of sp³-hybridized carbons (Fsp3) is 0.440. The molecule has 0 aliphatic heterocycles. The lowest BCUT2D eigenvalue weighted by molar-refractivity contribution is -0.142. The predicted molar refractivity (Wildman–Crippen MR) is 128 cm³/mol. The number of rotatable bonds is 9. The van der Waals surface area contributed by atoms with Crippen LogP contribution in [-0.4, -0.2) is 35.9 Å².